The summed E-state index contributed by atoms with van der Waals surface area (Å²) in [4.78, 5) is 23.5. The third-order valence-electron chi connectivity index (χ3n) is 4.13. The van der Waals surface area contributed by atoms with Crippen LogP contribution in [0.2, 0.25) is 0 Å². The Morgan fingerprint density at radius 1 is 1.39 bits per heavy atom. The molecule has 2 aliphatic rings. The minimum absolute atomic E-state index is 0.00959. The third-order valence-corrected chi connectivity index (χ3v) is 4.13. The number of benzene rings is 1. The van der Waals surface area contributed by atoms with Crippen LogP contribution in [0.5, 0.6) is 17.2 Å². The van der Waals surface area contributed by atoms with E-state index in [2.05, 4.69) is 0 Å². The van der Waals surface area contributed by atoms with Crippen molar-refractivity contribution in [2.24, 2.45) is 0 Å². The number of carbonyl (C=O) groups is 2. The first-order chi connectivity index (χ1) is 11.0. The smallest absolute Gasteiger partial charge is 0.342 e. The molecule has 0 spiro atoms. The largest absolute Gasteiger partial charge is 0.504 e. The van der Waals surface area contributed by atoms with Gasteiger partial charge in [0.15, 0.2) is 11.5 Å². The molecule has 124 valence electrons. The van der Waals surface area contributed by atoms with Crippen molar-refractivity contribution >= 4 is 11.8 Å². The standard InChI is InChI=1S/C16H18O7/c1-7(17)4-8-5-11-14(22-8)9-6-10(20-2)15(21-3)13(18)12(9)16(19)23-11/h6,8,11,14,18H,4-5H2,1-3H3. The van der Waals surface area contributed by atoms with E-state index in [1.54, 1.807) is 6.07 Å². The van der Waals surface area contributed by atoms with Crippen LogP contribution in [0.1, 0.15) is 41.8 Å². The summed E-state index contributed by atoms with van der Waals surface area (Å²) < 4.78 is 21.6. The summed E-state index contributed by atoms with van der Waals surface area (Å²) in [7, 11) is 2.81. The number of ketones is 1. The van der Waals surface area contributed by atoms with Crippen LogP contribution in [0.15, 0.2) is 6.07 Å². The van der Waals surface area contributed by atoms with Gasteiger partial charge in [0.2, 0.25) is 5.75 Å². The first kappa shape index (κ1) is 15.6. The van der Waals surface area contributed by atoms with Crippen LogP contribution in [0.4, 0.5) is 0 Å². The van der Waals surface area contributed by atoms with Crippen LogP contribution in [0.25, 0.3) is 0 Å². The molecule has 1 aromatic rings. The highest BCUT2D eigenvalue weighted by atomic mass is 16.6. The maximum atomic E-state index is 12.2. The van der Waals surface area contributed by atoms with Gasteiger partial charge in [-0.05, 0) is 13.0 Å². The highest BCUT2D eigenvalue weighted by molar-refractivity contribution is 5.97. The van der Waals surface area contributed by atoms with Gasteiger partial charge in [0.05, 0.1) is 20.3 Å². The summed E-state index contributed by atoms with van der Waals surface area (Å²) in [5, 5.41) is 10.3. The molecule has 0 aromatic heterocycles. The number of fused-ring (bicyclic) bond motifs is 3. The summed E-state index contributed by atoms with van der Waals surface area (Å²) in [5.41, 5.74) is 0.514. The Morgan fingerprint density at radius 2 is 2.13 bits per heavy atom. The van der Waals surface area contributed by atoms with Crippen LogP contribution in [0.3, 0.4) is 0 Å². The number of hydrogen-bond donors (Lipinski definition) is 1. The van der Waals surface area contributed by atoms with E-state index in [0.29, 0.717) is 17.7 Å². The van der Waals surface area contributed by atoms with Crippen molar-refractivity contribution in [1.82, 2.24) is 0 Å². The van der Waals surface area contributed by atoms with E-state index in [9.17, 15) is 14.7 Å². The van der Waals surface area contributed by atoms with Gasteiger partial charge < -0.3 is 24.1 Å². The fourth-order valence-corrected chi connectivity index (χ4v) is 3.20. The number of hydrogen-bond acceptors (Lipinski definition) is 7. The number of Topliss-reactive ketones (excluding diaryl/α,β-unsaturated/α-hetero) is 1. The Hall–Kier alpha value is -2.28. The SMILES string of the molecule is COc1cc2c(c(O)c1OC)C(=O)OC1CC(CC(C)=O)OC21. The lowest BCUT2D eigenvalue weighted by atomic mass is 9.93. The van der Waals surface area contributed by atoms with Gasteiger partial charge in [0.1, 0.15) is 23.6 Å². The molecule has 1 fully saturated rings. The van der Waals surface area contributed by atoms with Gasteiger partial charge in [-0.1, -0.05) is 0 Å². The second-order valence-corrected chi connectivity index (χ2v) is 5.69. The molecule has 0 radical (unpaired) electrons. The lowest BCUT2D eigenvalue weighted by Gasteiger charge is -2.28. The second-order valence-electron chi connectivity index (χ2n) is 5.69. The van der Waals surface area contributed by atoms with E-state index < -0.39 is 18.2 Å². The predicted molar refractivity (Wildman–Crippen MR) is 77.9 cm³/mol. The van der Waals surface area contributed by atoms with E-state index in [-0.39, 0.29) is 35.4 Å². The molecule has 0 saturated carbocycles. The molecule has 0 amide bonds. The van der Waals surface area contributed by atoms with Crippen molar-refractivity contribution in [2.45, 2.75) is 38.1 Å². The summed E-state index contributed by atoms with van der Waals surface area (Å²) in [6, 6.07) is 1.61. The molecule has 0 aliphatic carbocycles. The summed E-state index contributed by atoms with van der Waals surface area (Å²) in [6.07, 6.45) is -0.602. The van der Waals surface area contributed by atoms with Gasteiger partial charge in [-0.25, -0.2) is 4.79 Å². The van der Waals surface area contributed by atoms with E-state index in [0.717, 1.165) is 0 Å². The molecule has 3 unspecified atom stereocenters. The van der Waals surface area contributed by atoms with Gasteiger partial charge in [0.25, 0.3) is 0 Å². The maximum absolute atomic E-state index is 12.2. The van der Waals surface area contributed by atoms with Gasteiger partial charge >= 0.3 is 5.97 Å². The van der Waals surface area contributed by atoms with E-state index >= 15 is 0 Å². The summed E-state index contributed by atoms with van der Waals surface area (Å²) in [6.45, 7) is 1.49. The van der Waals surface area contributed by atoms with Gasteiger partial charge in [-0.2, -0.15) is 0 Å². The third kappa shape index (κ3) is 2.50. The zero-order chi connectivity index (χ0) is 16.7. The van der Waals surface area contributed by atoms with Crippen LogP contribution in [-0.2, 0) is 14.3 Å². The number of phenolic OH excluding ortho intramolecular Hbond substituents is 1. The predicted octanol–water partition coefficient (Wildman–Crippen LogP) is 1.76. The van der Waals surface area contributed by atoms with E-state index in [4.69, 9.17) is 18.9 Å². The molecule has 0 bridgehead atoms. The van der Waals surface area contributed by atoms with Crippen molar-refractivity contribution in [3.05, 3.63) is 17.2 Å². The molecule has 7 heteroatoms. The zero-order valence-corrected chi connectivity index (χ0v) is 13.1. The monoisotopic (exact) mass is 322 g/mol. The summed E-state index contributed by atoms with van der Waals surface area (Å²) >= 11 is 0. The average Bonchev–Trinajstić information content (AvgIpc) is 2.87. The Balaban J connectivity index is 2.04. The minimum atomic E-state index is -0.633. The van der Waals surface area contributed by atoms with E-state index in [1.807, 2.05) is 0 Å². The average molecular weight is 322 g/mol. The number of phenols is 1. The van der Waals surface area contributed by atoms with Crippen molar-refractivity contribution < 1.29 is 33.6 Å². The molecular weight excluding hydrogens is 304 g/mol. The van der Waals surface area contributed by atoms with Gasteiger partial charge in [-0.15, -0.1) is 0 Å². The van der Waals surface area contributed by atoms with Gasteiger partial charge in [0, 0.05) is 18.4 Å². The Morgan fingerprint density at radius 3 is 2.74 bits per heavy atom. The van der Waals surface area contributed by atoms with Crippen LogP contribution >= 0.6 is 0 Å². The Bertz CT molecular complexity index is 667. The zero-order valence-electron chi connectivity index (χ0n) is 13.1. The van der Waals surface area contributed by atoms with Crippen molar-refractivity contribution in [2.75, 3.05) is 14.2 Å². The first-order valence-corrected chi connectivity index (χ1v) is 7.30. The lowest BCUT2D eigenvalue weighted by molar-refractivity contribution is -0.119. The van der Waals surface area contributed by atoms with Crippen molar-refractivity contribution in [3.8, 4) is 17.2 Å². The Labute approximate surface area is 133 Å². The number of aromatic hydroxyl groups is 1. The number of rotatable bonds is 4. The van der Waals surface area contributed by atoms with Crippen LogP contribution in [0, 0.1) is 0 Å². The second kappa shape index (κ2) is 5.73. The topological polar surface area (TPSA) is 91.3 Å². The number of esters is 1. The maximum Gasteiger partial charge on any atom is 0.342 e. The normalized spacial score (nSPS) is 25.3. The van der Waals surface area contributed by atoms with Gasteiger partial charge in [-0.3, -0.25) is 4.79 Å². The summed E-state index contributed by atoms with van der Waals surface area (Å²) in [5.74, 6) is -0.582. The molecule has 1 N–H and O–H groups in total. The molecule has 2 heterocycles. The molecule has 1 aromatic carbocycles. The fraction of sp³-hybridized carbons (Fsp3) is 0.500. The lowest BCUT2D eigenvalue weighted by Crippen LogP contribution is -2.29. The van der Waals surface area contributed by atoms with Crippen molar-refractivity contribution in [1.29, 1.82) is 0 Å². The first-order valence-electron chi connectivity index (χ1n) is 7.30. The highest BCUT2D eigenvalue weighted by Crippen LogP contribution is 2.49. The Kier molecular flexibility index (Phi) is 3.89. The number of carbonyl (C=O) groups excluding carboxylic acids is 2. The highest BCUT2D eigenvalue weighted by Gasteiger charge is 2.46. The van der Waals surface area contributed by atoms with Crippen LogP contribution < -0.4 is 9.47 Å². The minimum Gasteiger partial charge on any atom is -0.504 e. The fourth-order valence-electron chi connectivity index (χ4n) is 3.20. The van der Waals surface area contributed by atoms with E-state index in [1.165, 1.54) is 21.1 Å². The molecule has 3 atom stereocenters. The van der Waals surface area contributed by atoms with Crippen molar-refractivity contribution in [3.63, 3.8) is 0 Å². The molecule has 23 heavy (non-hydrogen) atoms. The van der Waals surface area contributed by atoms with Crippen LogP contribution in [-0.4, -0.2) is 43.3 Å². The quantitative estimate of drug-likeness (QED) is 0.844. The molecule has 1 saturated heterocycles. The molecule has 7 nitrogen and oxygen atoms in total. The molecule has 2 aliphatic heterocycles. The number of ether oxygens (including phenoxy) is 4. The molecular formula is C16H18O7. The molecule has 3 rings (SSSR count). The number of methoxy groups -OCH3 is 2.